The SMILES string of the molecule is CC(=O)Nc1nc2c(s1)C[C@@H](NC(=O)c1cc(Br)c(Br)[nH]1)CC2. The van der Waals surface area contributed by atoms with Crippen LogP contribution in [-0.2, 0) is 17.6 Å². The van der Waals surface area contributed by atoms with Crippen molar-refractivity contribution in [3.8, 4) is 0 Å². The predicted molar refractivity (Wildman–Crippen MR) is 95.9 cm³/mol. The van der Waals surface area contributed by atoms with Gasteiger partial charge in [-0.15, -0.1) is 11.3 Å². The normalized spacial score (nSPS) is 16.7. The molecule has 0 saturated carbocycles. The van der Waals surface area contributed by atoms with Gasteiger partial charge < -0.3 is 15.6 Å². The van der Waals surface area contributed by atoms with Gasteiger partial charge >= 0.3 is 0 Å². The average molecular weight is 462 g/mol. The number of halogens is 2. The molecule has 23 heavy (non-hydrogen) atoms. The second-order valence-corrected chi connectivity index (χ2v) is 8.06. The molecule has 1 aliphatic carbocycles. The highest BCUT2D eigenvalue weighted by Gasteiger charge is 2.25. The van der Waals surface area contributed by atoms with Crippen molar-refractivity contribution in [2.24, 2.45) is 0 Å². The van der Waals surface area contributed by atoms with E-state index in [2.05, 4.69) is 52.5 Å². The number of rotatable bonds is 3. The molecule has 2 aromatic rings. The van der Waals surface area contributed by atoms with Gasteiger partial charge in [0.05, 0.1) is 14.8 Å². The Morgan fingerprint density at radius 2 is 2.22 bits per heavy atom. The Hall–Kier alpha value is -1.19. The Morgan fingerprint density at radius 3 is 2.87 bits per heavy atom. The molecule has 122 valence electrons. The van der Waals surface area contributed by atoms with Crippen LogP contribution < -0.4 is 10.6 Å². The number of nitrogens with zero attached hydrogens (tertiary/aromatic N) is 1. The number of H-pyrrole nitrogens is 1. The first-order valence-corrected chi connectivity index (χ1v) is 9.43. The van der Waals surface area contributed by atoms with Gasteiger partial charge in [0.1, 0.15) is 5.69 Å². The summed E-state index contributed by atoms with van der Waals surface area (Å²) in [5.74, 6) is -0.250. The first kappa shape index (κ1) is 16.7. The Labute approximate surface area is 153 Å². The first-order valence-electron chi connectivity index (χ1n) is 7.03. The standard InChI is InChI=1S/C14H14Br2N4O2S/c1-6(21)17-14-20-9-3-2-7(4-11(9)23-14)18-13(22)10-5-8(15)12(16)19-10/h5,7,19H,2-4H2,1H3,(H,18,22)(H,17,20,21)/t7-/m0/s1. The van der Waals surface area contributed by atoms with Crippen LogP contribution in [0.5, 0.6) is 0 Å². The second kappa shape index (κ2) is 6.74. The third-order valence-corrected chi connectivity index (χ3v) is 6.35. The highest BCUT2D eigenvalue weighted by molar-refractivity contribution is 9.13. The van der Waals surface area contributed by atoms with E-state index < -0.39 is 0 Å². The number of thiazole rings is 1. The molecule has 2 amide bonds. The zero-order valence-electron chi connectivity index (χ0n) is 12.2. The number of carbonyl (C=O) groups is 2. The average Bonchev–Trinajstić information content (AvgIpc) is 3.01. The van der Waals surface area contributed by atoms with E-state index in [0.29, 0.717) is 10.8 Å². The molecule has 1 aliphatic rings. The summed E-state index contributed by atoms with van der Waals surface area (Å²) < 4.78 is 1.56. The molecule has 0 unspecified atom stereocenters. The van der Waals surface area contributed by atoms with Crippen molar-refractivity contribution >= 4 is 60.1 Å². The van der Waals surface area contributed by atoms with Crippen LogP contribution in [0.3, 0.4) is 0 Å². The molecule has 0 radical (unpaired) electrons. The highest BCUT2D eigenvalue weighted by atomic mass is 79.9. The molecule has 0 fully saturated rings. The van der Waals surface area contributed by atoms with Gasteiger partial charge in [-0.05, 0) is 50.8 Å². The maximum Gasteiger partial charge on any atom is 0.267 e. The van der Waals surface area contributed by atoms with Gasteiger partial charge in [0, 0.05) is 24.3 Å². The van der Waals surface area contributed by atoms with Gasteiger partial charge in [-0.2, -0.15) is 0 Å². The van der Waals surface area contributed by atoms with E-state index in [1.54, 1.807) is 6.07 Å². The summed E-state index contributed by atoms with van der Waals surface area (Å²) in [5.41, 5.74) is 1.53. The summed E-state index contributed by atoms with van der Waals surface area (Å²) >= 11 is 8.16. The monoisotopic (exact) mass is 460 g/mol. The van der Waals surface area contributed by atoms with Crippen molar-refractivity contribution in [2.75, 3.05) is 5.32 Å². The molecular formula is C14H14Br2N4O2S. The molecule has 3 N–H and O–H groups in total. The summed E-state index contributed by atoms with van der Waals surface area (Å²) in [5, 5.41) is 6.40. The molecule has 0 aromatic carbocycles. The van der Waals surface area contributed by atoms with Crippen molar-refractivity contribution in [2.45, 2.75) is 32.2 Å². The van der Waals surface area contributed by atoms with Crippen LogP contribution in [-0.4, -0.2) is 27.8 Å². The van der Waals surface area contributed by atoms with Crippen LogP contribution in [0.2, 0.25) is 0 Å². The van der Waals surface area contributed by atoms with Gasteiger partial charge in [0.2, 0.25) is 5.91 Å². The number of hydrogen-bond acceptors (Lipinski definition) is 4. The number of aromatic amines is 1. The molecule has 0 aliphatic heterocycles. The molecule has 6 nitrogen and oxygen atoms in total. The number of nitrogens with one attached hydrogen (secondary N) is 3. The van der Waals surface area contributed by atoms with Crippen LogP contribution in [0, 0.1) is 0 Å². The Kier molecular flexibility index (Phi) is 4.88. The van der Waals surface area contributed by atoms with Crippen molar-refractivity contribution in [3.05, 3.63) is 31.4 Å². The molecule has 1 atom stereocenters. The Bertz CT molecular complexity index is 751. The van der Waals surface area contributed by atoms with E-state index in [9.17, 15) is 9.59 Å². The number of amides is 2. The van der Waals surface area contributed by atoms with Crippen LogP contribution in [0.25, 0.3) is 0 Å². The maximum atomic E-state index is 12.3. The zero-order chi connectivity index (χ0) is 16.6. The van der Waals surface area contributed by atoms with Gasteiger partial charge in [-0.3, -0.25) is 9.59 Å². The number of hydrogen-bond donors (Lipinski definition) is 3. The van der Waals surface area contributed by atoms with E-state index in [1.807, 2.05) is 0 Å². The Morgan fingerprint density at radius 1 is 1.43 bits per heavy atom. The third kappa shape index (κ3) is 3.84. The van der Waals surface area contributed by atoms with Gasteiger partial charge in [0.25, 0.3) is 5.91 Å². The van der Waals surface area contributed by atoms with Crippen molar-refractivity contribution in [1.82, 2.24) is 15.3 Å². The van der Waals surface area contributed by atoms with Crippen LogP contribution >= 0.6 is 43.2 Å². The largest absolute Gasteiger partial charge is 0.348 e. The lowest BCUT2D eigenvalue weighted by molar-refractivity contribution is -0.114. The quantitative estimate of drug-likeness (QED) is 0.655. The van der Waals surface area contributed by atoms with Gasteiger partial charge in [-0.1, -0.05) is 0 Å². The summed E-state index contributed by atoms with van der Waals surface area (Å²) in [6, 6.07) is 1.82. The Balaban J connectivity index is 1.66. The minimum Gasteiger partial charge on any atom is -0.348 e. The predicted octanol–water partition coefficient (Wildman–Crippen LogP) is 3.24. The number of fused-ring (bicyclic) bond motifs is 1. The molecule has 0 spiro atoms. The fourth-order valence-corrected chi connectivity index (χ4v) is 4.28. The van der Waals surface area contributed by atoms with E-state index >= 15 is 0 Å². The van der Waals surface area contributed by atoms with Gasteiger partial charge in [0.15, 0.2) is 5.13 Å². The minimum absolute atomic E-state index is 0.0708. The number of anilines is 1. The van der Waals surface area contributed by atoms with E-state index in [1.165, 1.54) is 18.3 Å². The lowest BCUT2D eigenvalue weighted by atomic mass is 9.97. The smallest absolute Gasteiger partial charge is 0.267 e. The first-order chi connectivity index (χ1) is 10.9. The molecule has 9 heteroatoms. The number of aryl methyl sites for hydroxylation is 1. The fourth-order valence-electron chi connectivity index (χ4n) is 2.49. The summed E-state index contributed by atoms with van der Waals surface area (Å²) in [4.78, 5) is 31.9. The lowest BCUT2D eigenvalue weighted by Gasteiger charge is -2.22. The minimum atomic E-state index is -0.128. The maximum absolute atomic E-state index is 12.3. The van der Waals surface area contributed by atoms with E-state index in [-0.39, 0.29) is 17.9 Å². The van der Waals surface area contributed by atoms with E-state index in [4.69, 9.17) is 0 Å². The third-order valence-electron chi connectivity index (χ3n) is 3.53. The van der Waals surface area contributed by atoms with Gasteiger partial charge in [-0.25, -0.2) is 4.98 Å². The van der Waals surface area contributed by atoms with Crippen LogP contribution in [0.1, 0.15) is 34.4 Å². The van der Waals surface area contributed by atoms with Crippen molar-refractivity contribution in [1.29, 1.82) is 0 Å². The second-order valence-electron chi connectivity index (χ2n) is 5.33. The molecule has 2 aromatic heterocycles. The zero-order valence-corrected chi connectivity index (χ0v) is 16.2. The highest BCUT2D eigenvalue weighted by Crippen LogP contribution is 2.30. The molecule has 3 rings (SSSR count). The molecule has 0 bridgehead atoms. The summed E-state index contributed by atoms with van der Waals surface area (Å²) in [6.45, 7) is 1.47. The molecular weight excluding hydrogens is 448 g/mol. The number of carbonyl (C=O) groups excluding carboxylic acids is 2. The molecule has 0 saturated heterocycles. The van der Waals surface area contributed by atoms with E-state index in [0.717, 1.165) is 38.9 Å². The fraction of sp³-hybridized carbons (Fsp3) is 0.357. The lowest BCUT2D eigenvalue weighted by Crippen LogP contribution is -2.38. The van der Waals surface area contributed by atoms with Crippen molar-refractivity contribution in [3.63, 3.8) is 0 Å². The summed E-state index contributed by atoms with van der Waals surface area (Å²) in [6.07, 6.45) is 2.38. The summed E-state index contributed by atoms with van der Waals surface area (Å²) in [7, 11) is 0. The van der Waals surface area contributed by atoms with Crippen LogP contribution in [0.15, 0.2) is 15.1 Å². The van der Waals surface area contributed by atoms with Crippen molar-refractivity contribution < 1.29 is 9.59 Å². The van der Waals surface area contributed by atoms with Crippen LogP contribution in [0.4, 0.5) is 5.13 Å². The molecule has 2 heterocycles. The number of aromatic nitrogens is 2. The topological polar surface area (TPSA) is 86.9 Å².